The van der Waals surface area contributed by atoms with Crippen LogP contribution in [0.25, 0.3) is 0 Å². The Morgan fingerprint density at radius 1 is 1.58 bits per heavy atom. The zero-order valence-corrected chi connectivity index (χ0v) is 10.8. The number of amides is 1. The van der Waals surface area contributed by atoms with E-state index in [1.807, 2.05) is 0 Å². The quantitative estimate of drug-likeness (QED) is 0.903. The molecule has 0 atom stereocenters. The summed E-state index contributed by atoms with van der Waals surface area (Å²) in [6.45, 7) is 0.163. The number of halogens is 2. The van der Waals surface area contributed by atoms with Crippen LogP contribution in [0.4, 0.5) is 4.39 Å². The van der Waals surface area contributed by atoms with Crippen molar-refractivity contribution in [3.8, 4) is 5.75 Å². The number of aromatic hydroxyl groups is 1. The van der Waals surface area contributed by atoms with E-state index in [4.69, 9.17) is 11.6 Å². The Morgan fingerprint density at radius 3 is 2.95 bits per heavy atom. The number of hydrogen-bond donors (Lipinski definition) is 2. The smallest absolute Gasteiger partial charge is 0.255 e. The lowest BCUT2D eigenvalue weighted by Crippen LogP contribution is -2.24. The van der Waals surface area contributed by atoms with Gasteiger partial charge >= 0.3 is 0 Å². The molecule has 100 valence electrons. The van der Waals surface area contributed by atoms with E-state index in [1.54, 1.807) is 24.0 Å². The number of aryl methyl sites for hydroxylation is 1. The van der Waals surface area contributed by atoms with Gasteiger partial charge in [0.15, 0.2) is 0 Å². The van der Waals surface area contributed by atoms with E-state index >= 15 is 0 Å². The maximum atomic E-state index is 13.2. The molecule has 0 aliphatic heterocycles. The lowest BCUT2D eigenvalue weighted by molar-refractivity contribution is 0.0946. The largest absolute Gasteiger partial charge is 0.506 e. The van der Waals surface area contributed by atoms with E-state index in [-0.39, 0.29) is 17.1 Å². The number of imidazole rings is 1. The van der Waals surface area contributed by atoms with Crippen LogP contribution in [0.3, 0.4) is 0 Å². The molecule has 5 nitrogen and oxygen atoms in total. The molecule has 7 heteroatoms. The molecule has 0 saturated heterocycles. The zero-order valence-electron chi connectivity index (χ0n) is 10.0. The minimum absolute atomic E-state index is 0.163. The lowest BCUT2D eigenvalue weighted by Gasteiger charge is -2.08. The molecule has 0 unspecified atom stereocenters. The number of aromatic nitrogens is 2. The third-order valence-corrected chi connectivity index (χ3v) is 2.89. The van der Waals surface area contributed by atoms with Gasteiger partial charge in [-0.05, 0) is 12.1 Å². The molecule has 2 aromatic rings. The number of carbonyl (C=O) groups excluding carboxylic acids is 1. The topological polar surface area (TPSA) is 67.2 Å². The van der Waals surface area contributed by atoms with Gasteiger partial charge in [0.25, 0.3) is 5.91 Å². The van der Waals surface area contributed by atoms with Crippen molar-refractivity contribution in [1.29, 1.82) is 0 Å². The molecule has 2 rings (SSSR count). The van der Waals surface area contributed by atoms with Gasteiger partial charge in [-0.25, -0.2) is 9.37 Å². The van der Waals surface area contributed by atoms with Crippen molar-refractivity contribution >= 4 is 17.5 Å². The zero-order chi connectivity index (χ0) is 14.0. The van der Waals surface area contributed by atoms with Crippen LogP contribution in [0.5, 0.6) is 5.75 Å². The molecule has 0 radical (unpaired) electrons. The van der Waals surface area contributed by atoms with E-state index in [2.05, 4.69) is 10.3 Å². The minimum Gasteiger partial charge on any atom is -0.506 e. The first-order chi connectivity index (χ1) is 8.99. The number of nitrogens with zero attached hydrogens (tertiary/aromatic N) is 2. The predicted molar refractivity (Wildman–Crippen MR) is 67.5 cm³/mol. The summed E-state index contributed by atoms with van der Waals surface area (Å²) in [6.07, 6.45) is 3.33. The second-order valence-electron chi connectivity index (χ2n) is 3.92. The molecule has 0 saturated carbocycles. The Bertz CT molecular complexity index is 627. The Morgan fingerprint density at radius 2 is 2.32 bits per heavy atom. The van der Waals surface area contributed by atoms with Crippen LogP contribution in [-0.4, -0.2) is 20.6 Å². The average molecular weight is 284 g/mol. The Labute approximate surface area is 113 Å². The predicted octanol–water partition coefficient (Wildman–Crippen LogP) is 1.85. The van der Waals surface area contributed by atoms with Crippen LogP contribution in [0.1, 0.15) is 16.2 Å². The van der Waals surface area contributed by atoms with Gasteiger partial charge in [0.05, 0.1) is 17.1 Å². The summed E-state index contributed by atoms with van der Waals surface area (Å²) in [4.78, 5) is 15.9. The molecule has 1 amide bonds. The van der Waals surface area contributed by atoms with Crippen molar-refractivity contribution in [3.63, 3.8) is 0 Å². The molecule has 0 spiro atoms. The van der Waals surface area contributed by atoms with Crippen molar-refractivity contribution in [2.75, 3.05) is 0 Å². The maximum absolute atomic E-state index is 13.2. The Kier molecular flexibility index (Phi) is 3.71. The van der Waals surface area contributed by atoms with Crippen molar-refractivity contribution < 1.29 is 14.3 Å². The Hall–Kier alpha value is -2.08. The van der Waals surface area contributed by atoms with Crippen molar-refractivity contribution in [3.05, 3.63) is 46.8 Å². The highest BCUT2D eigenvalue weighted by Crippen LogP contribution is 2.28. The number of nitrogens with one attached hydrogen (secondary N) is 1. The van der Waals surface area contributed by atoms with Crippen molar-refractivity contribution in [2.45, 2.75) is 6.54 Å². The number of benzene rings is 1. The normalized spacial score (nSPS) is 10.5. The first kappa shape index (κ1) is 13.4. The van der Waals surface area contributed by atoms with E-state index in [1.165, 1.54) is 0 Å². The molecule has 1 aromatic heterocycles. The summed E-state index contributed by atoms with van der Waals surface area (Å²) in [5.74, 6) is -1.12. The first-order valence-electron chi connectivity index (χ1n) is 5.41. The van der Waals surface area contributed by atoms with Gasteiger partial charge in [0.1, 0.15) is 17.4 Å². The molecule has 0 aliphatic carbocycles. The average Bonchev–Trinajstić information content (AvgIpc) is 2.76. The summed E-state index contributed by atoms with van der Waals surface area (Å²) in [6, 6.07) is 1.86. The van der Waals surface area contributed by atoms with Crippen LogP contribution in [-0.2, 0) is 13.6 Å². The van der Waals surface area contributed by atoms with Gasteiger partial charge in [-0.2, -0.15) is 0 Å². The summed E-state index contributed by atoms with van der Waals surface area (Å²) >= 11 is 5.60. The highest BCUT2D eigenvalue weighted by molar-refractivity contribution is 6.32. The van der Waals surface area contributed by atoms with Crippen molar-refractivity contribution in [2.24, 2.45) is 7.05 Å². The van der Waals surface area contributed by atoms with Crippen LogP contribution >= 0.6 is 11.6 Å². The number of carbonyl (C=O) groups is 1. The van der Waals surface area contributed by atoms with Gasteiger partial charge in [-0.15, -0.1) is 0 Å². The van der Waals surface area contributed by atoms with Gasteiger partial charge in [-0.3, -0.25) is 4.79 Å². The molecule has 2 N–H and O–H groups in total. The fraction of sp³-hybridized carbons (Fsp3) is 0.167. The SMILES string of the molecule is Cn1ccnc1CNC(=O)c1cc(F)cc(Cl)c1O. The number of hydrogen-bond acceptors (Lipinski definition) is 3. The van der Waals surface area contributed by atoms with E-state index in [0.29, 0.717) is 5.82 Å². The Balaban J connectivity index is 2.15. The fourth-order valence-electron chi connectivity index (χ4n) is 1.56. The molecule has 0 bridgehead atoms. The molecular formula is C12H11ClFN3O2. The van der Waals surface area contributed by atoms with Crippen molar-refractivity contribution in [1.82, 2.24) is 14.9 Å². The first-order valence-corrected chi connectivity index (χ1v) is 5.79. The summed E-state index contributed by atoms with van der Waals surface area (Å²) < 4.78 is 14.9. The van der Waals surface area contributed by atoms with Crippen LogP contribution in [0.15, 0.2) is 24.5 Å². The third kappa shape index (κ3) is 2.85. The molecule has 0 fully saturated rings. The molecule has 19 heavy (non-hydrogen) atoms. The van der Waals surface area contributed by atoms with Gasteiger partial charge < -0.3 is 15.0 Å². The van der Waals surface area contributed by atoms with Gasteiger partial charge in [0, 0.05) is 19.4 Å². The highest BCUT2D eigenvalue weighted by atomic mass is 35.5. The van der Waals surface area contributed by atoms with Gasteiger partial charge in [-0.1, -0.05) is 11.6 Å². The second-order valence-corrected chi connectivity index (χ2v) is 4.33. The molecule has 1 aromatic carbocycles. The van der Waals surface area contributed by atoms with Crippen LogP contribution < -0.4 is 5.32 Å². The van der Waals surface area contributed by atoms with Crippen LogP contribution in [0, 0.1) is 5.82 Å². The second kappa shape index (κ2) is 5.27. The van der Waals surface area contributed by atoms with E-state index in [9.17, 15) is 14.3 Å². The number of phenolic OH excluding ortho intramolecular Hbond substituents is 1. The molecule has 1 heterocycles. The highest BCUT2D eigenvalue weighted by Gasteiger charge is 2.16. The monoisotopic (exact) mass is 283 g/mol. The lowest BCUT2D eigenvalue weighted by atomic mass is 10.2. The number of phenols is 1. The fourth-order valence-corrected chi connectivity index (χ4v) is 1.77. The maximum Gasteiger partial charge on any atom is 0.255 e. The molecule has 0 aliphatic rings. The van der Waals surface area contributed by atoms with Crippen LogP contribution in [0.2, 0.25) is 5.02 Å². The van der Waals surface area contributed by atoms with E-state index in [0.717, 1.165) is 12.1 Å². The van der Waals surface area contributed by atoms with E-state index < -0.39 is 17.5 Å². The number of rotatable bonds is 3. The standard InChI is InChI=1S/C12H11ClFN3O2/c1-17-3-2-15-10(17)6-16-12(19)8-4-7(14)5-9(13)11(8)18/h2-5,18H,6H2,1H3,(H,16,19). The van der Waals surface area contributed by atoms with Gasteiger partial charge in [0.2, 0.25) is 0 Å². The molecular weight excluding hydrogens is 273 g/mol. The summed E-state index contributed by atoms with van der Waals surface area (Å²) in [7, 11) is 1.78. The summed E-state index contributed by atoms with van der Waals surface area (Å²) in [5, 5.41) is 11.9. The summed E-state index contributed by atoms with van der Waals surface area (Å²) in [5.41, 5.74) is -0.209. The minimum atomic E-state index is -0.690. The third-order valence-electron chi connectivity index (χ3n) is 2.60.